The molecule has 0 aliphatic rings. The van der Waals surface area contributed by atoms with Gasteiger partial charge < -0.3 is 0 Å². The van der Waals surface area contributed by atoms with E-state index in [9.17, 15) is 18.1 Å². The maximum atomic E-state index is 12.3. The average molecular weight is 268 g/mol. The molecule has 2 nitrogen and oxygen atoms in total. The first-order valence-corrected chi connectivity index (χ1v) is 4.39. The first kappa shape index (κ1) is 11.2. The molecule has 76 valence electrons. The van der Waals surface area contributed by atoms with Crippen molar-refractivity contribution >= 4 is 15.9 Å². The molecular formula is C8H5BrF3NO. The Morgan fingerprint density at radius 2 is 2.00 bits per heavy atom. The largest absolute Gasteiger partial charge is 0.417 e. The molecule has 0 saturated carbocycles. The van der Waals surface area contributed by atoms with Gasteiger partial charge in [-0.25, -0.2) is 0 Å². The Balaban J connectivity index is 3.15. The molecule has 14 heavy (non-hydrogen) atoms. The van der Waals surface area contributed by atoms with E-state index in [4.69, 9.17) is 0 Å². The molecule has 6 heteroatoms. The average Bonchev–Trinajstić information content (AvgIpc) is 2.07. The lowest BCUT2D eigenvalue weighted by Crippen LogP contribution is -2.06. The Morgan fingerprint density at radius 1 is 1.36 bits per heavy atom. The second-order valence-electron chi connectivity index (χ2n) is 2.60. The fourth-order valence-electron chi connectivity index (χ4n) is 0.963. The van der Waals surface area contributed by atoms with Gasteiger partial charge >= 0.3 is 6.18 Å². The van der Waals surface area contributed by atoms with Crippen LogP contribution in [0.25, 0.3) is 0 Å². The number of rotatable bonds is 2. The van der Waals surface area contributed by atoms with E-state index in [0.717, 1.165) is 6.07 Å². The zero-order valence-corrected chi connectivity index (χ0v) is 8.39. The van der Waals surface area contributed by atoms with Crippen LogP contribution >= 0.6 is 15.9 Å². The predicted molar refractivity (Wildman–Crippen MR) is 48.6 cm³/mol. The maximum absolute atomic E-state index is 12.3. The lowest BCUT2D eigenvalue weighted by atomic mass is 10.1. The number of halogens is 4. The van der Waals surface area contributed by atoms with Gasteiger partial charge in [0.2, 0.25) is 0 Å². The maximum Gasteiger partial charge on any atom is 0.417 e. The Hall–Kier alpha value is -0.910. The normalized spacial score (nSPS) is 11.4. The van der Waals surface area contributed by atoms with Crippen molar-refractivity contribution in [3.8, 4) is 0 Å². The van der Waals surface area contributed by atoms with E-state index in [-0.39, 0.29) is 16.6 Å². The summed E-state index contributed by atoms with van der Waals surface area (Å²) < 4.78 is 36.9. The highest BCUT2D eigenvalue weighted by Gasteiger charge is 2.32. The minimum absolute atomic E-state index is 0.0420. The molecule has 0 unspecified atom stereocenters. The summed E-state index contributed by atoms with van der Waals surface area (Å²) in [6.07, 6.45) is -4.42. The summed E-state index contributed by atoms with van der Waals surface area (Å²) >= 11 is 2.79. The summed E-state index contributed by atoms with van der Waals surface area (Å²) in [6.45, 7) is -0.254. The number of nitrogens with zero attached hydrogens (tertiary/aromatic N) is 1. The Morgan fingerprint density at radius 3 is 2.50 bits per heavy atom. The second-order valence-corrected chi connectivity index (χ2v) is 3.45. The molecule has 0 aliphatic heterocycles. The van der Waals surface area contributed by atoms with Gasteiger partial charge in [0.05, 0.1) is 5.56 Å². The summed E-state index contributed by atoms with van der Waals surface area (Å²) in [4.78, 5) is 9.88. The molecule has 0 amide bonds. The van der Waals surface area contributed by atoms with Crippen LogP contribution in [0.1, 0.15) is 11.1 Å². The smallest absolute Gasteiger partial charge is 0.166 e. The Bertz CT molecular complexity index is 351. The van der Waals surface area contributed by atoms with E-state index in [0.29, 0.717) is 0 Å². The molecule has 0 bridgehead atoms. The van der Waals surface area contributed by atoms with Crippen molar-refractivity contribution in [2.45, 2.75) is 12.7 Å². The van der Waals surface area contributed by atoms with Crippen LogP contribution in [0.2, 0.25) is 0 Å². The highest BCUT2D eigenvalue weighted by Crippen LogP contribution is 2.35. The zero-order valence-electron chi connectivity index (χ0n) is 6.81. The van der Waals surface area contributed by atoms with Gasteiger partial charge in [-0.1, -0.05) is 27.2 Å². The molecular weight excluding hydrogens is 263 g/mol. The van der Waals surface area contributed by atoms with Crippen molar-refractivity contribution in [2.24, 2.45) is 5.18 Å². The van der Waals surface area contributed by atoms with E-state index in [1.165, 1.54) is 12.1 Å². The van der Waals surface area contributed by atoms with Gasteiger partial charge in [0, 0.05) is 4.47 Å². The van der Waals surface area contributed by atoms with Crippen molar-refractivity contribution in [3.05, 3.63) is 38.7 Å². The van der Waals surface area contributed by atoms with Gasteiger partial charge in [-0.05, 0) is 17.7 Å². The topological polar surface area (TPSA) is 29.4 Å². The SMILES string of the molecule is O=NCc1ccc(Br)c(C(F)(F)F)c1. The molecule has 0 saturated heterocycles. The van der Waals surface area contributed by atoms with Crippen LogP contribution in [-0.2, 0) is 12.7 Å². The molecule has 0 aliphatic carbocycles. The minimum atomic E-state index is -4.42. The van der Waals surface area contributed by atoms with Gasteiger partial charge in [-0.2, -0.15) is 18.1 Å². The number of alkyl halides is 3. The van der Waals surface area contributed by atoms with Crippen LogP contribution in [0, 0.1) is 4.91 Å². The monoisotopic (exact) mass is 267 g/mol. The number of hydrogen-bond acceptors (Lipinski definition) is 2. The summed E-state index contributed by atoms with van der Waals surface area (Å²) in [6, 6.07) is 3.58. The third-order valence-electron chi connectivity index (χ3n) is 1.58. The molecule has 0 heterocycles. The van der Waals surface area contributed by atoms with E-state index >= 15 is 0 Å². The van der Waals surface area contributed by atoms with Crippen molar-refractivity contribution in [2.75, 3.05) is 0 Å². The van der Waals surface area contributed by atoms with Crippen molar-refractivity contribution in [1.82, 2.24) is 0 Å². The van der Waals surface area contributed by atoms with Crippen LogP contribution < -0.4 is 0 Å². The molecule has 0 fully saturated rings. The second kappa shape index (κ2) is 4.08. The molecule has 0 N–H and O–H groups in total. The summed E-state index contributed by atoms with van der Waals surface area (Å²) in [5.41, 5.74) is -0.547. The van der Waals surface area contributed by atoms with Crippen LogP contribution in [0.4, 0.5) is 13.2 Å². The predicted octanol–water partition coefficient (Wildman–Crippen LogP) is 3.73. The summed E-state index contributed by atoms with van der Waals surface area (Å²) in [5, 5.41) is 2.53. The molecule has 0 radical (unpaired) electrons. The highest BCUT2D eigenvalue weighted by atomic mass is 79.9. The fraction of sp³-hybridized carbons (Fsp3) is 0.250. The third kappa shape index (κ3) is 2.54. The molecule has 0 spiro atoms. The minimum Gasteiger partial charge on any atom is -0.166 e. The van der Waals surface area contributed by atoms with E-state index in [2.05, 4.69) is 21.1 Å². The third-order valence-corrected chi connectivity index (χ3v) is 2.27. The Labute approximate surface area is 86.2 Å². The van der Waals surface area contributed by atoms with Gasteiger partial charge in [0.15, 0.2) is 0 Å². The van der Waals surface area contributed by atoms with E-state index < -0.39 is 11.7 Å². The van der Waals surface area contributed by atoms with Gasteiger partial charge in [-0.3, -0.25) is 0 Å². The highest BCUT2D eigenvalue weighted by molar-refractivity contribution is 9.10. The van der Waals surface area contributed by atoms with Gasteiger partial charge in [-0.15, -0.1) is 0 Å². The van der Waals surface area contributed by atoms with Crippen LogP contribution in [0.3, 0.4) is 0 Å². The lowest BCUT2D eigenvalue weighted by molar-refractivity contribution is -0.138. The fourth-order valence-corrected chi connectivity index (χ4v) is 1.43. The van der Waals surface area contributed by atoms with Crippen molar-refractivity contribution in [1.29, 1.82) is 0 Å². The zero-order chi connectivity index (χ0) is 10.8. The first-order chi connectivity index (χ1) is 6.45. The summed E-state index contributed by atoms with van der Waals surface area (Å²) in [7, 11) is 0. The van der Waals surface area contributed by atoms with E-state index in [1.54, 1.807) is 0 Å². The van der Waals surface area contributed by atoms with Gasteiger partial charge in [0.1, 0.15) is 6.54 Å². The van der Waals surface area contributed by atoms with Crippen LogP contribution in [-0.4, -0.2) is 0 Å². The van der Waals surface area contributed by atoms with Crippen molar-refractivity contribution < 1.29 is 13.2 Å². The van der Waals surface area contributed by atoms with Gasteiger partial charge in [0.25, 0.3) is 0 Å². The number of nitroso groups, excluding NO2 is 1. The quantitative estimate of drug-likeness (QED) is 0.751. The van der Waals surface area contributed by atoms with E-state index in [1.807, 2.05) is 0 Å². The van der Waals surface area contributed by atoms with Crippen LogP contribution in [0.5, 0.6) is 0 Å². The Kier molecular flexibility index (Phi) is 3.25. The van der Waals surface area contributed by atoms with Crippen molar-refractivity contribution in [3.63, 3.8) is 0 Å². The molecule has 1 aromatic rings. The standard InChI is InChI=1S/C8H5BrF3NO/c9-7-2-1-5(4-13-14)3-6(7)8(10,11)12/h1-3H,4H2. The molecule has 1 aromatic carbocycles. The number of benzene rings is 1. The number of hydrogen-bond donors (Lipinski definition) is 0. The lowest BCUT2D eigenvalue weighted by Gasteiger charge is -2.09. The molecule has 0 atom stereocenters. The first-order valence-electron chi connectivity index (χ1n) is 3.60. The van der Waals surface area contributed by atoms with Crippen LogP contribution in [0.15, 0.2) is 27.8 Å². The summed E-state index contributed by atoms with van der Waals surface area (Å²) in [5.74, 6) is 0. The molecule has 0 aromatic heterocycles. The molecule has 1 rings (SSSR count).